The Morgan fingerprint density at radius 3 is 2.23 bits per heavy atom. The summed E-state index contributed by atoms with van der Waals surface area (Å²) in [6.45, 7) is 5.32. The molecule has 19 heteroatoms. The van der Waals surface area contributed by atoms with E-state index in [0.717, 1.165) is 11.3 Å². The van der Waals surface area contributed by atoms with E-state index in [0.29, 0.717) is 36.8 Å². The van der Waals surface area contributed by atoms with Crippen molar-refractivity contribution < 1.29 is 47.3 Å². The van der Waals surface area contributed by atoms with Gasteiger partial charge < -0.3 is 44.9 Å². The number of fused-ring (bicyclic) bond motifs is 1. The Hall–Kier alpha value is -6.33. The van der Waals surface area contributed by atoms with Crippen molar-refractivity contribution in [1.29, 1.82) is 0 Å². The molecule has 0 atom stereocenters. The minimum absolute atomic E-state index is 0.00258. The van der Waals surface area contributed by atoms with Gasteiger partial charge in [-0.1, -0.05) is 24.3 Å². The number of carbonyl (C=O) groups is 4. The lowest BCUT2D eigenvalue weighted by molar-refractivity contribution is -0.137. The van der Waals surface area contributed by atoms with Crippen molar-refractivity contribution in [3.8, 4) is 11.5 Å². The molecule has 2 aromatic heterocycles. The second-order valence-electron chi connectivity index (χ2n) is 11.4. The van der Waals surface area contributed by atoms with Gasteiger partial charge in [-0.2, -0.15) is 4.98 Å². The summed E-state index contributed by atoms with van der Waals surface area (Å²) in [5.74, 6) is -2.44. The lowest BCUT2D eigenvalue weighted by atomic mass is 10.2. The largest absolute Gasteiger partial charge is 0.481 e. The maximum Gasteiger partial charge on any atom is 0.347 e. The van der Waals surface area contributed by atoms with Crippen LogP contribution in [0.2, 0.25) is 0 Å². The summed E-state index contributed by atoms with van der Waals surface area (Å²) in [5.41, 5.74) is 13.2. The van der Waals surface area contributed by atoms with Crippen molar-refractivity contribution in [3.63, 3.8) is 0 Å². The number of ether oxygens (including phenoxy) is 2. The van der Waals surface area contributed by atoms with E-state index in [1.807, 2.05) is 13.8 Å². The minimum atomic E-state index is -1.41. The highest BCUT2D eigenvalue weighted by atomic mass is 31.2. The fourth-order valence-electron chi connectivity index (χ4n) is 4.55. The highest BCUT2D eigenvalue weighted by molar-refractivity contribution is 7.41. The zero-order chi connectivity index (χ0) is 40.5. The first-order valence-corrected chi connectivity index (χ1v) is 18.2. The molecule has 0 saturated carbocycles. The first-order chi connectivity index (χ1) is 26.9. The van der Waals surface area contributed by atoms with Crippen molar-refractivity contribution in [1.82, 2.24) is 19.9 Å². The lowest BCUT2D eigenvalue weighted by Gasteiger charge is -2.15. The third kappa shape index (κ3) is 13.5. The number of nitrogens with one attached hydrogen (secondary N) is 2. The summed E-state index contributed by atoms with van der Waals surface area (Å²) in [6.07, 6.45) is 1.44. The van der Waals surface area contributed by atoms with Crippen LogP contribution < -0.4 is 31.8 Å². The van der Waals surface area contributed by atoms with E-state index in [-0.39, 0.29) is 54.3 Å². The van der Waals surface area contributed by atoms with E-state index in [1.54, 1.807) is 60.7 Å². The van der Waals surface area contributed by atoms with E-state index >= 15 is 0 Å². The number of benzene rings is 3. The molecule has 0 spiro atoms. The van der Waals surface area contributed by atoms with E-state index in [1.165, 1.54) is 18.3 Å². The Kier molecular flexibility index (Phi) is 16.3. The number of nitrogen functional groups attached to an aromatic ring is 1. The molecule has 0 bridgehead atoms. The second kappa shape index (κ2) is 21.5. The molecular weight excluding hydrogens is 749 g/mol. The number of carboxylic acid groups (broad SMARTS) is 1. The summed E-state index contributed by atoms with van der Waals surface area (Å²) in [4.78, 5) is 72.5. The van der Waals surface area contributed by atoms with Crippen molar-refractivity contribution >= 4 is 55.2 Å². The van der Waals surface area contributed by atoms with Crippen LogP contribution in [0.4, 0.5) is 11.6 Å². The molecular formula is C37H40N7O11P. The maximum absolute atomic E-state index is 12.6. The van der Waals surface area contributed by atoms with Gasteiger partial charge in [0, 0.05) is 24.1 Å². The number of H-pyrrole nitrogens is 1. The standard InChI is InChI=1S/C23H27O9P.C14H13N7O2/c1-3-28-33(29-4-2)30-16-17-12-14-18(15-13-17)31-23(27)19-8-5-6-9-20(19)32-22(26)11-7-10-21(24)25;15-11(22)7-1-3-8(4-2-7)17-5-9-6-18-12-10(19-9)13(23)21-14(16)20-12/h5-6,8-9,12-15H,3-4,7,10-11,16H2,1-2H3,(H,24,25);1-4,6,17H,5H2,(H2,15,22)(H3,16,18,20,21,23). The van der Waals surface area contributed by atoms with Gasteiger partial charge in [0.2, 0.25) is 11.9 Å². The number of rotatable bonds is 18. The zero-order valence-corrected chi connectivity index (χ0v) is 31.3. The number of aliphatic carboxylic acids is 1. The van der Waals surface area contributed by atoms with Gasteiger partial charge in [0.25, 0.3) is 5.56 Å². The topological polar surface area (TPSA) is 270 Å². The molecule has 7 N–H and O–H groups in total. The van der Waals surface area contributed by atoms with E-state index in [2.05, 4.69) is 25.3 Å². The summed E-state index contributed by atoms with van der Waals surface area (Å²) >= 11 is 0. The molecule has 0 aliphatic rings. The van der Waals surface area contributed by atoms with Gasteiger partial charge in [0.05, 0.1) is 38.3 Å². The summed E-state index contributed by atoms with van der Waals surface area (Å²) in [6, 6.07) is 19.6. The Morgan fingerprint density at radius 1 is 0.875 bits per heavy atom. The molecule has 1 amide bonds. The monoisotopic (exact) mass is 789 g/mol. The third-order valence-corrected chi connectivity index (χ3v) is 8.45. The lowest BCUT2D eigenvalue weighted by Crippen LogP contribution is -2.15. The molecule has 0 radical (unpaired) electrons. The zero-order valence-electron chi connectivity index (χ0n) is 30.4. The predicted molar refractivity (Wildman–Crippen MR) is 205 cm³/mol. The van der Waals surface area contributed by atoms with Crippen molar-refractivity contribution in [2.24, 2.45) is 5.73 Å². The number of primary amides is 1. The number of para-hydroxylation sites is 1. The molecule has 18 nitrogen and oxygen atoms in total. The van der Waals surface area contributed by atoms with Crippen molar-refractivity contribution in [2.45, 2.75) is 46.3 Å². The molecule has 0 unspecified atom stereocenters. The van der Waals surface area contributed by atoms with E-state index in [9.17, 15) is 24.0 Å². The number of aromatic amines is 1. The number of esters is 2. The maximum atomic E-state index is 12.6. The van der Waals surface area contributed by atoms with Crippen LogP contribution in [0.15, 0.2) is 83.8 Å². The molecule has 0 aliphatic heterocycles. The van der Waals surface area contributed by atoms with Gasteiger partial charge in [0.1, 0.15) is 17.1 Å². The van der Waals surface area contributed by atoms with Crippen LogP contribution in [0.5, 0.6) is 11.5 Å². The Labute approximate surface area is 321 Å². The van der Waals surface area contributed by atoms with E-state index < -0.39 is 38.0 Å². The third-order valence-electron chi connectivity index (χ3n) is 7.17. The van der Waals surface area contributed by atoms with Gasteiger partial charge in [-0.05, 0) is 74.4 Å². The van der Waals surface area contributed by atoms with Crippen molar-refractivity contribution in [3.05, 3.63) is 112 Å². The number of amides is 1. The molecule has 0 fully saturated rings. The van der Waals surface area contributed by atoms with Crippen LogP contribution in [0.25, 0.3) is 11.2 Å². The second-order valence-corrected chi connectivity index (χ2v) is 12.6. The predicted octanol–water partition coefficient (Wildman–Crippen LogP) is 4.89. The normalized spacial score (nSPS) is 10.7. The fourth-order valence-corrected chi connectivity index (χ4v) is 5.45. The van der Waals surface area contributed by atoms with Gasteiger partial charge in [0.15, 0.2) is 11.2 Å². The SMILES string of the molecule is CCOP(OCC)OCc1ccc(OC(=O)c2ccccc2OC(=O)CCCC(=O)O)cc1.NC(=O)c1ccc(NCc2cnc3nc(N)[nH]c(=O)c3n2)cc1. The van der Waals surface area contributed by atoms with Crippen LogP contribution in [-0.4, -0.2) is 62.1 Å². The molecule has 2 heterocycles. The number of hydrogen-bond donors (Lipinski definition) is 5. The summed E-state index contributed by atoms with van der Waals surface area (Å²) in [5, 5.41) is 11.8. The highest BCUT2D eigenvalue weighted by Gasteiger charge is 2.18. The van der Waals surface area contributed by atoms with Gasteiger partial charge in [-0.3, -0.25) is 24.2 Å². The quantitative estimate of drug-likeness (QED) is 0.0449. The smallest absolute Gasteiger partial charge is 0.347 e. The fraction of sp³-hybridized carbons (Fsp3) is 0.243. The molecule has 0 aliphatic carbocycles. The van der Waals surface area contributed by atoms with E-state index in [4.69, 9.17) is 39.6 Å². The average Bonchev–Trinajstić information content (AvgIpc) is 3.17. The number of carboxylic acids is 1. The number of hydrogen-bond acceptors (Lipinski definition) is 15. The van der Waals surface area contributed by atoms with Gasteiger partial charge >= 0.3 is 26.5 Å². The van der Waals surface area contributed by atoms with Crippen LogP contribution in [0.1, 0.15) is 65.1 Å². The molecule has 56 heavy (non-hydrogen) atoms. The van der Waals surface area contributed by atoms with Crippen LogP contribution >= 0.6 is 8.60 Å². The molecule has 3 aromatic carbocycles. The number of aromatic nitrogens is 4. The minimum Gasteiger partial charge on any atom is -0.481 e. The summed E-state index contributed by atoms with van der Waals surface area (Å²) in [7, 11) is -1.41. The highest BCUT2D eigenvalue weighted by Crippen LogP contribution is 2.40. The first-order valence-electron chi connectivity index (χ1n) is 17.1. The number of carbonyl (C=O) groups excluding carboxylic acids is 3. The van der Waals surface area contributed by atoms with Crippen LogP contribution in [0.3, 0.4) is 0 Å². The number of nitrogens with zero attached hydrogens (tertiary/aromatic N) is 3. The average molecular weight is 790 g/mol. The summed E-state index contributed by atoms with van der Waals surface area (Å²) < 4.78 is 27.0. The number of nitrogens with two attached hydrogens (primary N) is 2. The Bertz CT molecular complexity index is 2160. The molecule has 294 valence electrons. The first kappa shape index (κ1) is 42.4. The Balaban J connectivity index is 0.000000264. The van der Waals surface area contributed by atoms with Gasteiger partial charge in [-0.15, -0.1) is 0 Å². The molecule has 5 aromatic rings. The Morgan fingerprint density at radius 2 is 1.57 bits per heavy atom. The number of anilines is 2. The van der Waals surface area contributed by atoms with Gasteiger partial charge in [-0.25, -0.2) is 14.8 Å². The van der Waals surface area contributed by atoms with Crippen LogP contribution in [0, 0.1) is 0 Å². The molecule has 0 saturated heterocycles. The molecule has 5 rings (SSSR count). The van der Waals surface area contributed by atoms with Crippen LogP contribution in [-0.2, 0) is 36.3 Å². The van der Waals surface area contributed by atoms with Crippen molar-refractivity contribution in [2.75, 3.05) is 24.3 Å².